The van der Waals surface area contributed by atoms with Gasteiger partial charge in [-0.2, -0.15) is 0 Å². The quantitative estimate of drug-likeness (QED) is 0.437. The molecule has 0 saturated carbocycles. The van der Waals surface area contributed by atoms with E-state index in [1.807, 2.05) is 0 Å². The molecule has 0 unspecified atom stereocenters. The average molecular weight is 150 g/mol. The molecule has 0 aromatic heterocycles. The third-order valence-electron chi connectivity index (χ3n) is 1.38. The maximum atomic E-state index is 9.03. The van der Waals surface area contributed by atoms with Crippen molar-refractivity contribution >= 4 is 12.6 Å². The Labute approximate surface area is 59.1 Å². The number of aliphatic hydroxyl groups is 2. The average Bonchev–Trinajstić information content (AvgIpc) is 2.10. The van der Waals surface area contributed by atoms with Gasteiger partial charge in [0.2, 0.25) is 0 Å². The van der Waals surface area contributed by atoms with Crippen molar-refractivity contribution in [2.75, 3.05) is 6.61 Å². The van der Waals surface area contributed by atoms with Gasteiger partial charge in [0, 0.05) is 6.42 Å². The zero-order valence-electron chi connectivity index (χ0n) is 4.90. The molecule has 0 amide bonds. The molecular formula is C5H10O3S. The summed E-state index contributed by atoms with van der Waals surface area (Å²) >= 11 is 3.97. The lowest BCUT2D eigenvalue weighted by atomic mass is 10.2. The highest BCUT2D eigenvalue weighted by molar-refractivity contribution is 7.80. The smallest absolute Gasteiger partial charge is 0.108 e. The second kappa shape index (κ2) is 2.88. The van der Waals surface area contributed by atoms with E-state index in [-0.39, 0.29) is 12.0 Å². The molecule has 0 aromatic carbocycles. The Morgan fingerprint density at radius 3 is 2.56 bits per heavy atom. The van der Waals surface area contributed by atoms with E-state index in [1.165, 1.54) is 0 Å². The minimum Gasteiger partial charge on any atom is -0.394 e. The summed E-state index contributed by atoms with van der Waals surface area (Å²) in [5.41, 5.74) is -0.211. The van der Waals surface area contributed by atoms with Crippen LogP contribution in [0.5, 0.6) is 0 Å². The summed E-state index contributed by atoms with van der Waals surface area (Å²) in [6, 6.07) is 0. The Kier molecular flexibility index (Phi) is 2.35. The third kappa shape index (κ3) is 1.58. The van der Waals surface area contributed by atoms with Crippen LogP contribution in [0, 0.1) is 0 Å². The molecule has 0 bridgehead atoms. The van der Waals surface area contributed by atoms with Crippen molar-refractivity contribution in [2.24, 2.45) is 0 Å². The van der Waals surface area contributed by atoms with Crippen molar-refractivity contribution < 1.29 is 14.9 Å². The standard InChI is InChI=1S/C5H10O3S/c6-2-4-3(7)1-5(9)8-4/h3-7,9H,1-2H2/t3-,4+,5-/m0/s1. The van der Waals surface area contributed by atoms with Gasteiger partial charge >= 0.3 is 0 Å². The van der Waals surface area contributed by atoms with E-state index < -0.39 is 12.2 Å². The number of thiol groups is 1. The molecule has 0 aromatic rings. The monoisotopic (exact) mass is 150 g/mol. The SMILES string of the molecule is OC[C@H]1O[C@@H](S)C[C@@H]1O. The van der Waals surface area contributed by atoms with Gasteiger partial charge in [0.25, 0.3) is 0 Å². The highest BCUT2D eigenvalue weighted by Gasteiger charge is 2.30. The third-order valence-corrected chi connectivity index (χ3v) is 1.72. The van der Waals surface area contributed by atoms with Crippen molar-refractivity contribution in [2.45, 2.75) is 24.1 Å². The van der Waals surface area contributed by atoms with Gasteiger partial charge in [0.15, 0.2) is 0 Å². The fourth-order valence-corrected chi connectivity index (χ4v) is 1.24. The summed E-state index contributed by atoms with van der Waals surface area (Å²) < 4.78 is 4.99. The van der Waals surface area contributed by atoms with Crippen LogP contribution < -0.4 is 0 Å². The summed E-state index contributed by atoms with van der Waals surface area (Å²) in [5, 5.41) is 17.6. The molecular weight excluding hydrogens is 140 g/mol. The molecule has 2 N–H and O–H groups in total. The largest absolute Gasteiger partial charge is 0.394 e. The van der Waals surface area contributed by atoms with Crippen LogP contribution in [0.15, 0.2) is 0 Å². The van der Waals surface area contributed by atoms with E-state index in [1.54, 1.807) is 0 Å². The minimum atomic E-state index is -0.544. The predicted molar refractivity (Wildman–Crippen MR) is 35.4 cm³/mol. The molecule has 1 fully saturated rings. The Morgan fingerprint density at radius 2 is 2.33 bits per heavy atom. The van der Waals surface area contributed by atoms with Gasteiger partial charge in [0.1, 0.15) is 11.5 Å². The predicted octanol–water partition coefficient (Wildman–Crippen LogP) is -0.616. The van der Waals surface area contributed by atoms with Crippen LogP contribution in [0.3, 0.4) is 0 Å². The molecule has 3 nitrogen and oxygen atoms in total. The highest BCUT2D eigenvalue weighted by Crippen LogP contribution is 2.21. The number of hydrogen-bond donors (Lipinski definition) is 3. The van der Waals surface area contributed by atoms with E-state index in [4.69, 9.17) is 14.9 Å². The normalized spacial score (nSPS) is 43.7. The van der Waals surface area contributed by atoms with Crippen LogP contribution >= 0.6 is 12.6 Å². The molecule has 54 valence electrons. The van der Waals surface area contributed by atoms with E-state index in [9.17, 15) is 0 Å². The van der Waals surface area contributed by atoms with Gasteiger partial charge in [-0.15, -0.1) is 12.6 Å². The Hall–Kier alpha value is 0.230. The highest BCUT2D eigenvalue weighted by atomic mass is 32.1. The molecule has 9 heavy (non-hydrogen) atoms. The van der Waals surface area contributed by atoms with Crippen LogP contribution in [0.25, 0.3) is 0 Å². The number of hydrogen-bond acceptors (Lipinski definition) is 4. The van der Waals surface area contributed by atoms with Crippen LogP contribution in [-0.4, -0.2) is 34.5 Å². The zero-order chi connectivity index (χ0) is 6.85. The first-order chi connectivity index (χ1) is 4.24. The first-order valence-corrected chi connectivity index (χ1v) is 3.38. The van der Waals surface area contributed by atoms with Gasteiger partial charge in [0.05, 0.1) is 12.7 Å². The van der Waals surface area contributed by atoms with Crippen molar-refractivity contribution in [1.82, 2.24) is 0 Å². The van der Waals surface area contributed by atoms with Gasteiger partial charge in [-0.3, -0.25) is 0 Å². The maximum Gasteiger partial charge on any atom is 0.108 e. The molecule has 1 aliphatic rings. The van der Waals surface area contributed by atoms with Crippen molar-refractivity contribution in [3.63, 3.8) is 0 Å². The summed E-state index contributed by atoms with van der Waals surface area (Å²) in [7, 11) is 0. The van der Waals surface area contributed by atoms with Crippen molar-refractivity contribution in [1.29, 1.82) is 0 Å². The summed E-state index contributed by atoms with van der Waals surface area (Å²) in [4.78, 5) is 0. The van der Waals surface area contributed by atoms with Gasteiger partial charge in [-0.25, -0.2) is 0 Å². The lowest BCUT2D eigenvalue weighted by Gasteiger charge is -2.08. The molecule has 0 aliphatic carbocycles. The molecule has 0 spiro atoms. The molecule has 3 atom stereocenters. The lowest BCUT2D eigenvalue weighted by Crippen LogP contribution is -2.24. The van der Waals surface area contributed by atoms with Crippen LogP contribution in [0.1, 0.15) is 6.42 Å². The maximum absolute atomic E-state index is 9.03. The van der Waals surface area contributed by atoms with Crippen LogP contribution in [0.4, 0.5) is 0 Å². The first kappa shape index (κ1) is 7.34. The van der Waals surface area contributed by atoms with Gasteiger partial charge < -0.3 is 14.9 Å². The molecule has 1 aliphatic heterocycles. The first-order valence-electron chi connectivity index (χ1n) is 2.86. The Morgan fingerprint density at radius 1 is 1.67 bits per heavy atom. The second-order valence-corrected chi connectivity index (χ2v) is 2.69. The van der Waals surface area contributed by atoms with E-state index >= 15 is 0 Å². The molecule has 4 heteroatoms. The van der Waals surface area contributed by atoms with E-state index in [0.29, 0.717) is 6.42 Å². The minimum absolute atomic E-state index is 0.127. The summed E-state index contributed by atoms with van der Waals surface area (Å²) in [5.74, 6) is 0. The van der Waals surface area contributed by atoms with Crippen molar-refractivity contribution in [3.8, 4) is 0 Å². The topological polar surface area (TPSA) is 49.7 Å². The number of ether oxygens (including phenoxy) is 1. The molecule has 0 radical (unpaired) electrons. The summed E-state index contributed by atoms with van der Waals surface area (Å²) in [6.07, 6.45) is -0.459. The van der Waals surface area contributed by atoms with E-state index in [2.05, 4.69) is 12.6 Å². The van der Waals surface area contributed by atoms with Crippen LogP contribution in [-0.2, 0) is 4.74 Å². The van der Waals surface area contributed by atoms with Gasteiger partial charge in [-0.05, 0) is 0 Å². The second-order valence-electron chi connectivity index (χ2n) is 2.11. The fraction of sp³-hybridized carbons (Fsp3) is 1.00. The fourth-order valence-electron chi connectivity index (χ4n) is 0.871. The van der Waals surface area contributed by atoms with Crippen LogP contribution in [0.2, 0.25) is 0 Å². The molecule has 1 rings (SSSR count). The number of aliphatic hydroxyl groups excluding tert-OH is 2. The van der Waals surface area contributed by atoms with E-state index in [0.717, 1.165) is 0 Å². The molecule has 1 saturated heterocycles. The summed E-state index contributed by atoms with van der Waals surface area (Å²) in [6.45, 7) is -0.127. The number of rotatable bonds is 1. The lowest BCUT2D eigenvalue weighted by molar-refractivity contribution is -0.00213. The van der Waals surface area contributed by atoms with Crippen molar-refractivity contribution in [3.05, 3.63) is 0 Å². The molecule has 1 heterocycles. The Balaban J connectivity index is 2.38. The zero-order valence-corrected chi connectivity index (χ0v) is 5.79. The Bertz CT molecular complexity index is 98.2. The van der Waals surface area contributed by atoms with Gasteiger partial charge in [-0.1, -0.05) is 0 Å².